The average molecular weight is 261 g/mol. The molecule has 0 aliphatic carbocycles. The molecule has 0 saturated heterocycles. The molecular formula is C13H19N5O. The van der Waals surface area contributed by atoms with Gasteiger partial charge in [0.05, 0.1) is 5.69 Å². The summed E-state index contributed by atoms with van der Waals surface area (Å²) in [5.74, 6) is 0.657. The van der Waals surface area contributed by atoms with E-state index in [9.17, 15) is 4.79 Å². The van der Waals surface area contributed by atoms with Crippen molar-refractivity contribution in [3.8, 4) is 0 Å². The van der Waals surface area contributed by atoms with Gasteiger partial charge in [0.1, 0.15) is 5.69 Å². The van der Waals surface area contributed by atoms with Gasteiger partial charge in [0.2, 0.25) is 0 Å². The van der Waals surface area contributed by atoms with E-state index in [1.165, 1.54) is 0 Å². The van der Waals surface area contributed by atoms with Gasteiger partial charge >= 0.3 is 0 Å². The molecule has 0 saturated carbocycles. The summed E-state index contributed by atoms with van der Waals surface area (Å²) in [6.07, 6.45) is 1.75. The van der Waals surface area contributed by atoms with E-state index in [4.69, 9.17) is 5.73 Å². The Morgan fingerprint density at radius 1 is 1.53 bits per heavy atom. The van der Waals surface area contributed by atoms with Crippen LogP contribution in [0.15, 0.2) is 18.3 Å². The van der Waals surface area contributed by atoms with Crippen LogP contribution in [0.3, 0.4) is 0 Å². The van der Waals surface area contributed by atoms with E-state index >= 15 is 0 Å². The molecule has 6 heteroatoms. The van der Waals surface area contributed by atoms with Gasteiger partial charge in [-0.1, -0.05) is 13.8 Å². The molecule has 0 aliphatic rings. The molecule has 2 heterocycles. The van der Waals surface area contributed by atoms with Crippen molar-refractivity contribution in [2.75, 3.05) is 11.1 Å². The number of rotatable bonds is 4. The third kappa shape index (κ3) is 2.78. The first-order chi connectivity index (χ1) is 9.01. The number of nitrogens with two attached hydrogens (primary N) is 1. The fourth-order valence-electron chi connectivity index (χ4n) is 1.86. The SMILES string of the molecule is CCn1cc(N)cc1C(=O)Nc1cc(C(C)C)[nH]n1. The van der Waals surface area contributed by atoms with Gasteiger partial charge in [0, 0.05) is 24.5 Å². The third-order valence-electron chi connectivity index (χ3n) is 2.95. The van der Waals surface area contributed by atoms with Crippen LogP contribution >= 0.6 is 0 Å². The number of carbonyl (C=O) groups excluding carboxylic acids is 1. The number of nitrogens with zero attached hydrogens (tertiary/aromatic N) is 2. The number of carbonyl (C=O) groups is 1. The van der Waals surface area contributed by atoms with E-state index in [1.807, 2.05) is 13.0 Å². The lowest BCUT2D eigenvalue weighted by molar-refractivity contribution is 0.101. The Morgan fingerprint density at radius 3 is 2.84 bits per heavy atom. The number of nitrogens with one attached hydrogen (secondary N) is 2. The summed E-state index contributed by atoms with van der Waals surface area (Å²) in [5.41, 5.74) is 7.81. The fourth-order valence-corrected chi connectivity index (χ4v) is 1.86. The topological polar surface area (TPSA) is 88.7 Å². The normalized spacial score (nSPS) is 10.9. The van der Waals surface area contributed by atoms with E-state index in [0.29, 0.717) is 29.7 Å². The zero-order valence-electron chi connectivity index (χ0n) is 11.4. The predicted octanol–water partition coefficient (Wildman–Crippen LogP) is 2.19. The second-order valence-electron chi connectivity index (χ2n) is 4.76. The molecular weight excluding hydrogens is 242 g/mol. The second-order valence-corrected chi connectivity index (χ2v) is 4.76. The van der Waals surface area contributed by atoms with Crippen molar-refractivity contribution in [1.82, 2.24) is 14.8 Å². The van der Waals surface area contributed by atoms with E-state index < -0.39 is 0 Å². The zero-order valence-corrected chi connectivity index (χ0v) is 11.4. The third-order valence-corrected chi connectivity index (χ3v) is 2.95. The highest BCUT2D eigenvalue weighted by atomic mass is 16.2. The minimum atomic E-state index is -0.208. The van der Waals surface area contributed by atoms with Crippen molar-refractivity contribution in [1.29, 1.82) is 0 Å². The number of hydrogen-bond donors (Lipinski definition) is 3. The van der Waals surface area contributed by atoms with Gasteiger partial charge in [-0.05, 0) is 18.9 Å². The maximum absolute atomic E-state index is 12.1. The van der Waals surface area contributed by atoms with Crippen LogP contribution in [0.25, 0.3) is 0 Å². The van der Waals surface area contributed by atoms with Crippen LogP contribution in [0.2, 0.25) is 0 Å². The van der Waals surface area contributed by atoms with Crippen LogP contribution < -0.4 is 11.1 Å². The summed E-state index contributed by atoms with van der Waals surface area (Å²) in [6, 6.07) is 3.50. The lowest BCUT2D eigenvalue weighted by Gasteiger charge is -2.05. The minimum absolute atomic E-state index is 0.208. The monoisotopic (exact) mass is 261 g/mol. The predicted molar refractivity (Wildman–Crippen MR) is 75.1 cm³/mol. The summed E-state index contributed by atoms with van der Waals surface area (Å²) >= 11 is 0. The molecule has 2 aromatic rings. The summed E-state index contributed by atoms with van der Waals surface area (Å²) in [4.78, 5) is 12.1. The number of amides is 1. The van der Waals surface area contributed by atoms with Gasteiger partial charge in [-0.2, -0.15) is 5.10 Å². The highest BCUT2D eigenvalue weighted by Crippen LogP contribution is 2.16. The van der Waals surface area contributed by atoms with Crippen LogP contribution in [-0.4, -0.2) is 20.7 Å². The number of aromatic amines is 1. The number of aryl methyl sites for hydroxylation is 1. The van der Waals surface area contributed by atoms with Crippen molar-refractivity contribution in [3.63, 3.8) is 0 Å². The molecule has 0 aliphatic heterocycles. The van der Waals surface area contributed by atoms with E-state index in [1.54, 1.807) is 16.8 Å². The molecule has 0 unspecified atom stereocenters. The van der Waals surface area contributed by atoms with Crippen molar-refractivity contribution in [2.24, 2.45) is 0 Å². The molecule has 1 amide bonds. The lowest BCUT2D eigenvalue weighted by atomic mass is 10.1. The van der Waals surface area contributed by atoms with Crippen LogP contribution in [0.1, 0.15) is 42.9 Å². The Balaban J connectivity index is 2.15. The Kier molecular flexibility index (Phi) is 3.59. The van der Waals surface area contributed by atoms with Gasteiger partial charge < -0.3 is 15.6 Å². The van der Waals surface area contributed by atoms with Crippen LogP contribution in [0.4, 0.5) is 11.5 Å². The van der Waals surface area contributed by atoms with Gasteiger partial charge in [0.25, 0.3) is 5.91 Å². The summed E-state index contributed by atoms with van der Waals surface area (Å²) < 4.78 is 1.81. The highest BCUT2D eigenvalue weighted by Gasteiger charge is 2.14. The van der Waals surface area contributed by atoms with Gasteiger partial charge in [-0.25, -0.2) is 0 Å². The Bertz CT molecular complexity index is 582. The fraction of sp³-hybridized carbons (Fsp3) is 0.385. The smallest absolute Gasteiger partial charge is 0.273 e. The molecule has 0 bridgehead atoms. The number of nitrogen functional groups attached to an aromatic ring is 1. The summed E-state index contributed by atoms with van der Waals surface area (Å²) in [5, 5.41) is 9.73. The first-order valence-corrected chi connectivity index (χ1v) is 6.33. The standard InChI is InChI=1S/C13H19N5O/c1-4-18-7-9(14)5-11(18)13(19)15-12-6-10(8(2)3)16-17-12/h5-8H,4,14H2,1-3H3,(H2,15,16,17,19). The molecule has 0 radical (unpaired) electrons. The van der Waals surface area contributed by atoms with Gasteiger partial charge in [0.15, 0.2) is 5.82 Å². The first kappa shape index (κ1) is 13.2. The quantitative estimate of drug-likeness (QED) is 0.788. The lowest BCUT2D eigenvalue weighted by Crippen LogP contribution is -2.16. The van der Waals surface area contributed by atoms with Crippen LogP contribution in [0, 0.1) is 0 Å². The Labute approximate surface area is 112 Å². The molecule has 0 spiro atoms. The second kappa shape index (κ2) is 5.17. The van der Waals surface area contributed by atoms with Crippen LogP contribution in [-0.2, 0) is 6.54 Å². The molecule has 4 N–H and O–H groups in total. The highest BCUT2D eigenvalue weighted by molar-refractivity contribution is 6.03. The molecule has 0 fully saturated rings. The Hall–Kier alpha value is -2.24. The number of anilines is 2. The molecule has 0 atom stereocenters. The minimum Gasteiger partial charge on any atom is -0.397 e. The van der Waals surface area contributed by atoms with E-state index in [-0.39, 0.29) is 5.91 Å². The average Bonchev–Trinajstić information content (AvgIpc) is 2.95. The van der Waals surface area contributed by atoms with Crippen molar-refractivity contribution >= 4 is 17.4 Å². The van der Waals surface area contributed by atoms with Gasteiger partial charge in [-0.15, -0.1) is 0 Å². The molecule has 2 rings (SSSR count). The zero-order chi connectivity index (χ0) is 14.0. The maximum atomic E-state index is 12.1. The number of aromatic nitrogens is 3. The Morgan fingerprint density at radius 2 is 2.26 bits per heavy atom. The maximum Gasteiger partial charge on any atom is 0.273 e. The van der Waals surface area contributed by atoms with Crippen molar-refractivity contribution in [3.05, 3.63) is 29.7 Å². The number of hydrogen-bond acceptors (Lipinski definition) is 3. The molecule has 2 aromatic heterocycles. The van der Waals surface area contributed by atoms with E-state index in [2.05, 4.69) is 29.4 Å². The summed E-state index contributed by atoms with van der Waals surface area (Å²) in [6.45, 7) is 6.77. The largest absolute Gasteiger partial charge is 0.397 e. The van der Waals surface area contributed by atoms with Crippen LogP contribution in [0.5, 0.6) is 0 Å². The molecule has 6 nitrogen and oxygen atoms in total. The van der Waals surface area contributed by atoms with E-state index in [0.717, 1.165) is 5.69 Å². The molecule has 0 aromatic carbocycles. The number of H-pyrrole nitrogens is 1. The molecule has 19 heavy (non-hydrogen) atoms. The first-order valence-electron chi connectivity index (χ1n) is 6.33. The van der Waals surface area contributed by atoms with Gasteiger partial charge in [-0.3, -0.25) is 9.89 Å². The molecule has 102 valence electrons. The van der Waals surface area contributed by atoms with Crippen molar-refractivity contribution < 1.29 is 4.79 Å². The van der Waals surface area contributed by atoms with Crippen molar-refractivity contribution in [2.45, 2.75) is 33.2 Å². The summed E-state index contributed by atoms with van der Waals surface area (Å²) in [7, 11) is 0.